The van der Waals surface area contributed by atoms with E-state index in [0.29, 0.717) is 5.92 Å². The Morgan fingerprint density at radius 1 is 0.927 bits per heavy atom. The number of aryl methyl sites for hydroxylation is 1. The molecule has 2 fully saturated rings. The lowest BCUT2D eigenvalue weighted by molar-refractivity contribution is -0.193. The molecule has 9 nitrogen and oxygen atoms in total. The number of thiophene rings is 1. The molecule has 0 amide bonds. The van der Waals surface area contributed by atoms with Crippen LogP contribution in [0, 0.1) is 6.92 Å². The first kappa shape index (κ1) is 32.1. The molecular weight excluding hydrogens is 580 g/mol. The summed E-state index contributed by atoms with van der Waals surface area (Å²) in [5.41, 5.74) is 2.25. The van der Waals surface area contributed by atoms with Crippen molar-refractivity contribution in [1.29, 1.82) is 0 Å². The molecule has 2 saturated heterocycles. The highest BCUT2D eigenvalue weighted by atomic mass is 32.1. The molecule has 0 atom stereocenters. The number of carboxylic acids is 2. The van der Waals surface area contributed by atoms with E-state index in [4.69, 9.17) is 29.9 Å². The molecule has 2 aliphatic heterocycles. The summed E-state index contributed by atoms with van der Waals surface area (Å²) < 4.78 is 65.5. The zero-order chi connectivity index (χ0) is 30.4. The number of carbonyl (C=O) groups is 2. The monoisotopic (exact) mass is 609 g/mol. The first-order valence-electron chi connectivity index (χ1n) is 12.6. The molecule has 0 spiro atoms. The second-order valence-electron chi connectivity index (χ2n) is 9.52. The van der Waals surface area contributed by atoms with Crippen molar-refractivity contribution in [3.8, 4) is 0 Å². The fraction of sp³-hybridized carbons (Fsp3) is 0.520. The van der Waals surface area contributed by atoms with Gasteiger partial charge in [0.2, 0.25) is 0 Å². The average Bonchev–Trinajstić information content (AvgIpc) is 3.65. The Balaban J connectivity index is 0.000000276. The average molecular weight is 610 g/mol. The van der Waals surface area contributed by atoms with Gasteiger partial charge in [0.05, 0.1) is 11.9 Å². The van der Waals surface area contributed by atoms with Gasteiger partial charge in [-0.05, 0) is 70.0 Å². The van der Waals surface area contributed by atoms with Gasteiger partial charge in [-0.2, -0.15) is 31.4 Å². The van der Waals surface area contributed by atoms with Crippen LogP contribution in [0.2, 0.25) is 0 Å². The zero-order valence-electron chi connectivity index (χ0n) is 22.0. The van der Waals surface area contributed by atoms with Gasteiger partial charge >= 0.3 is 24.3 Å². The molecule has 0 radical (unpaired) electrons. The normalized spacial score (nSPS) is 16.6. The highest BCUT2D eigenvalue weighted by Gasteiger charge is 2.38. The maximum Gasteiger partial charge on any atom is 0.490 e. The van der Waals surface area contributed by atoms with Crippen molar-refractivity contribution >= 4 is 34.6 Å². The third-order valence-corrected chi connectivity index (χ3v) is 7.40. The largest absolute Gasteiger partial charge is 0.490 e. The number of halogens is 6. The summed E-state index contributed by atoms with van der Waals surface area (Å²) in [4.78, 5) is 30.5. The molecule has 0 saturated carbocycles. The van der Waals surface area contributed by atoms with Crippen LogP contribution in [0.1, 0.15) is 47.2 Å². The lowest BCUT2D eigenvalue weighted by Gasteiger charge is -2.30. The Morgan fingerprint density at radius 3 is 1.98 bits per heavy atom. The number of aromatic nitrogens is 3. The number of aliphatic carboxylic acids is 2. The first-order valence-corrected chi connectivity index (χ1v) is 13.4. The van der Waals surface area contributed by atoms with Crippen molar-refractivity contribution in [2.24, 2.45) is 0 Å². The number of anilines is 1. The van der Waals surface area contributed by atoms with E-state index in [1.54, 1.807) is 0 Å². The fourth-order valence-corrected chi connectivity index (χ4v) is 5.30. The Hall–Kier alpha value is -3.40. The fourth-order valence-electron chi connectivity index (χ4n) is 4.36. The number of rotatable bonds is 4. The number of carboxylic acid groups (broad SMARTS) is 2. The molecule has 2 N–H and O–H groups in total. The number of hydrogen-bond acceptors (Lipinski definition) is 7. The predicted molar refractivity (Wildman–Crippen MR) is 138 cm³/mol. The van der Waals surface area contributed by atoms with Crippen LogP contribution in [0.25, 0.3) is 5.65 Å². The summed E-state index contributed by atoms with van der Waals surface area (Å²) in [6, 6.07) is 8.82. The van der Waals surface area contributed by atoms with Crippen LogP contribution in [0.4, 0.5) is 32.0 Å². The molecule has 3 aromatic rings. The summed E-state index contributed by atoms with van der Waals surface area (Å²) in [5, 5.41) is 19.1. The number of fused-ring (bicyclic) bond motifs is 1. The van der Waals surface area contributed by atoms with Crippen LogP contribution >= 0.6 is 11.3 Å². The van der Waals surface area contributed by atoms with Crippen molar-refractivity contribution in [3.63, 3.8) is 0 Å². The van der Waals surface area contributed by atoms with Crippen molar-refractivity contribution in [2.45, 2.75) is 57.4 Å². The molecule has 16 heteroatoms. The molecule has 0 unspecified atom stereocenters. The van der Waals surface area contributed by atoms with Gasteiger partial charge < -0.3 is 15.1 Å². The first-order chi connectivity index (χ1) is 19.1. The molecule has 0 bridgehead atoms. The standard InChI is InChI=1S/C21H27N5S.2C2HF3O2/c1-16-4-6-19(27-16)15-24-12-8-17(9-13-24)21-22-20-7-5-18(14-26(20)23-21)25-10-2-3-11-25;2*3-2(4,5)1(6)7/h4-7,14,17H,2-3,8-13,15H2,1H3;2*(H,6,7). The highest BCUT2D eigenvalue weighted by molar-refractivity contribution is 7.11. The Morgan fingerprint density at radius 2 is 1.49 bits per heavy atom. The molecule has 226 valence electrons. The molecule has 41 heavy (non-hydrogen) atoms. The summed E-state index contributed by atoms with van der Waals surface area (Å²) >= 11 is 1.92. The summed E-state index contributed by atoms with van der Waals surface area (Å²) in [7, 11) is 0. The van der Waals surface area contributed by atoms with E-state index in [0.717, 1.165) is 57.0 Å². The minimum atomic E-state index is -5.08. The van der Waals surface area contributed by atoms with E-state index in [-0.39, 0.29) is 0 Å². The zero-order valence-corrected chi connectivity index (χ0v) is 22.8. The van der Waals surface area contributed by atoms with E-state index >= 15 is 0 Å². The molecule has 5 rings (SSSR count). The Kier molecular flexibility index (Phi) is 10.6. The molecule has 2 aliphatic rings. The van der Waals surface area contributed by atoms with Gasteiger partial charge in [-0.15, -0.1) is 11.3 Å². The van der Waals surface area contributed by atoms with Crippen molar-refractivity contribution in [3.05, 3.63) is 46.0 Å². The van der Waals surface area contributed by atoms with Gasteiger partial charge in [0.15, 0.2) is 11.5 Å². The summed E-state index contributed by atoms with van der Waals surface area (Å²) in [6.07, 6.45) is -3.11. The smallest absolute Gasteiger partial charge is 0.475 e. The maximum absolute atomic E-state index is 10.6. The number of pyridine rings is 1. The molecule has 5 heterocycles. The maximum atomic E-state index is 10.6. The lowest BCUT2D eigenvalue weighted by Crippen LogP contribution is -2.32. The van der Waals surface area contributed by atoms with Gasteiger partial charge in [-0.3, -0.25) is 4.90 Å². The minimum absolute atomic E-state index is 0.487. The number of piperidine rings is 1. The summed E-state index contributed by atoms with van der Waals surface area (Å²) in [6.45, 7) is 7.87. The minimum Gasteiger partial charge on any atom is -0.475 e. The van der Waals surface area contributed by atoms with Crippen LogP contribution in [0.5, 0.6) is 0 Å². The summed E-state index contributed by atoms with van der Waals surface area (Å²) in [5.74, 6) is -4.00. The van der Waals surface area contributed by atoms with Crippen LogP contribution in [-0.2, 0) is 16.1 Å². The van der Waals surface area contributed by atoms with Crippen LogP contribution in [0.15, 0.2) is 30.5 Å². The molecule has 0 aromatic carbocycles. The number of nitrogens with zero attached hydrogens (tertiary/aromatic N) is 5. The van der Waals surface area contributed by atoms with Crippen LogP contribution < -0.4 is 4.90 Å². The van der Waals surface area contributed by atoms with Crippen LogP contribution in [-0.4, -0.2) is 80.2 Å². The topological polar surface area (TPSA) is 111 Å². The van der Waals surface area contributed by atoms with E-state index in [1.807, 2.05) is 15.9 Å². The highest BCUT2D eigenvalue weighted by Crippen LogP contribution is 2.29. The van der Waals surface area contributed by atoms with Gasteiger partial charge in [-0.25, -0.2) is 19.1 Å². The van der Waals surface area contributed by atoms with Gasteiger partial charge in [0.25, 0.3) is 0 Å². The quantitative estimate of drug-likeness (QED) is 0.381. The molecule has 3 aromatic heterocycles. The Bertz CT molecular complexity index is 1290. The van der Waals surface area contributed by atoms with Gasteiger partial charge in [0, 0.05) is 35.3 Å². The molecule has 0 aliphatic carbocycles. The van der Waals surface area contributed by atoms with E-state index < -0.39 is 24.3 Å². The third-order valence-electron chi connectivity index (χ3n) is 6.42. The predicted octanol–water partition coefficient (Wildman–Crippen LogP) is 5.35. The van der Waals surface area contributed by atoms with Gasteiger partial charge in [0.1, 0.15) is 0 Å². The lowest BCUT2D eigenvalue weighted by atomic mass is 9.96. The number of hydrogen-bond donors (Lipinski definition) is 2. The number of likely N-dealkylation sites (tertiary alicyclic amines) is 1. The van der Waals surface area contributed by atoms with E-state index in [2.05, 4.69) is 47.2 Å². The van der Waals surface area contributed by atoms with E-state index in [9.17, 15) is 26.3 Å². The van der Waals surface area contributed by atoms with E-state index in [1.165, 1.54) is 28.3 Å². The Labute approximate surface area is 235 Å². The van der Waals surface area contributed by atoms with Crippen molar-refractivity contribution < 1.29 is 46.1 Å². The molecular formula is C25H29F6N5O4S. The second kappa shape index (κ2) is 13.5. The second-order valence-corrected chi connectivity index (χ2v) is 10.9. The van der Waals surface area contributed by atoms with Crippen molar-refractivity contribution in [2.75, 3.05) is 31.1 Å². The van der Waals surface area contributed by atoms with Gasteiger partial charge in [-0.1, -0.05) is 0 Å². The van der Waals surface area contributed by atoms with Crippen molar-refractivity contribution in [1.82, 2.24) is 19.5 Å². The third kappa shape index (κ3) is 9.59. The van der Waals surface area contributed by atoms with Crippen LogP contribution in [0.3, 0.4) is 0 Å². The SMILES string of the molecule is Cc1ccc(CN2CCC(c3nc4ccc(N5CCCC5)cn4n3)CC2)s1.O=C(O)C(F)(F)F.O=C(O)C(F)(F)F. The number of alkyl halides is 6.